The van der Waals surface area contributed by atoms with E-state index in [9.17, 15) is 9.59 Å². The number of hydrogen-bond acceptors (Lipinski definition) is 2. The van der Waals surface area contributed by atoms with Gasteiger partial charge in [0.2, 0.25) is 0 Å². The molecule has 0 rings (SSSR count). The predicted octanol–water partition coefficient (Wildman–Crippen LogP) is -0.0983. The van der Waals surface area contributed by atoms with Gasteiger partial charge in [-0.15, -0.1) is 0 Å². The van der Waals surface area contributed by atoms with Gasteiger partial charge in [0.15, 0.2) is 5.92 Å². The summed E-state index contributed by atoms with van der Waals surface area (Å²) < 4.78 is 0. The van der Waals surface area contributed by atoms with Gasteiger partial charge in [-0.25, -0.2) is 0 Å². The molecule has 0 spiro atoms. The molecular formula is C7H14CaO4. The molecule has 0 aromatic carbocycles. The Morgan fingerprint density at radius 1 is 1.08 bits per heavy atom. The molecule has 0 aromatic heterocycles. The fourth-order valence-corrected chi connectivity index (χ4v) is 0.846. The van der Waals surface area contributed by atoms with Gasteiger partial charge in [0.1, 0.15) is 0 Å². The summed E-state index contributed by atoms with van der Waals surface area (Å²) in [6, 6.07) is 0. The number of carbonyl (C=O) groups is 2. The van der Waals surface area contributed by atoms with E-state index < -0.39 is 23.3 Å². The second-order valence-electron chi connectivity index (χ2n) is 3.48. The van der Waals surface area contributed by atoms with Crippen LogP contribution in [0.3, 0.4) is 0 Å². The van der Waals surface area contributed by atoms with Gasteiger partial charge in [0.05, 0.1) is 0 Å². The molecule has 0 atom stereocenters. The monoisotopic (exact) mass is 202 g/mol. The molecule has 12 heavy (non-hydrogen) atoms. The van der Waals surface area contributed by atoms with Crippen LogP contribution >= 0.6 is 0 Å². The first kappa shape index (κ1) is 14.7. The van der Waals surface area contributed by atoms with Gasteiger partial charge >= 0.3 is 49.7 Å². The maximum atomic E-state index is 10.4. The van der Waals surface area contributed by atoms with E-state index in [1.807, 2.05) is 0 Å². The minimum absolute atomic E-state index is 0. The fourth-order valence-electron chi connectivity index (χ4n) is 0.846. The quantitative estimate of drug-likeness (QED) is 0.484. The summed E-state index contributed by atoms with van der Waals surface area (Å²) >= 11 is 0. The molecule has 5 heteroatoms. The van der Waals surface area contributed by atoms with Gasteiger partial charge in [0, 0.05) is 0 Å². The zero-order chi connectivity index (χ0) is 9.23. The van der Waals surface area contributed by atoms with Crippen LogP contribution in [0.2, 0.25) is 0 Å². The van der Waals surface area contributed by atoms with Crippen molar-refractivity contribution in [1.29, 1.82) is 0 Å². The minimum atomic E-state index is -1.33. The molecule has 0 unspecified atom stereocenters. The molecule has 0 saturated heterocycles. The number of rotatable bonds is 2. The van der Waals surface area contributed by atoms with Gasteiger partial charge in [-0.05, 0) is 5.41 Å². The van der Waals surface area contributed by atoms with Crippen molar-refractivity contribution < 1.29 is 19.8 Å². The second-order valence-corrected chi connectivity index (χ2v) is 3.48. The van der Waals surface area contributed by atoms with E-state index in [2.05, 4.69) is 0 Å². The molecule has 0 radical (unpaired) electrons. The topological polar surface area (TPSA) is 74.6 Å². The first-order valence-electron chi connectivity index (χ1n) is 3.22. The Bertz CT molecular complexity index is 168. The Morgan fingerprint density at radius 2 is 1.33 bits per heavy atom. The van der Waals surface area contributed by atoms with Crippen LogP contribution in [-0.4, -0.2) is 59.9 Å². The SMILES string of the molecule is CC(C)(C)C(C(=O)O)C(=O)O.[CaH2]. The molecule has 0 aliphatic rings. The molecule has 0 bridgehead atoms. The van der Waals surface area contributed by atoms with Crippen molar-refractivity contribution in [3.63, 3.8) is 0 Å². The molecule has 2 N–H and O–H groups in total. The van der Waals surface area contributed by atoms with E-state index in [1.54, 1.807) is 20.8 Å². The summed E-state index contributed by atoms with van der Waals surface area (Å²) in [6.45, 7) is 4.75. The second kappa shape index (κ2) is 5.04. The van der Waals surface area contributed by atoms with Gasteiger partial charge in [-0.3, -0.25) is 9.59 Å². The Labute approximate surface area is 101 Å². The van der Waals surface area contributed by atoms with Crippen molar-refractivity contribution >= 4 is 49.7 Å². The van der Waals surface area contributed by atoms with E-state index >= 15 is 0 Å². The average Bonchev–Trinajstić information content (AvgIpc) is 1.54. The number of carboxylic acid groups (broad SMARTS) is 2. The van der Waals surface area contributed by atoms with Crippen LogP contribution < -0.4 is 0 Å². The van der Waals surface area contributed by atoms with Crippen molar-refractivity contribution in [3.8, 4) is 0 Å². The van der Waals surface area contributed by atoms with Crippen molar-refractivity contribution in [3.05, 3.63) is 0 Å². The molecule has 0 heterocycles. The third-order valence-electron chi connectivity index (χ3n) is 1.36. The van der Waals surface area contributed by atoms with Crippen molar-refractivity contribution in [1.82, 2.24) is 0 Å². The summed E-state index contributed by atoms with van der Waals surface area (Å²) in [4.78, 5) is 20.8. The molecule has 0 fully saturated rings. The van der Waals surface area contributed by atoms with Crippen LogP contribution in [0.4, 0.5) is 0 Å². The molecule has 68 valence electrons. The van der Waals surface area contributed by atoms with Gasteiger partial charge in [0.25, 0.3) is 0 Å². The summed E-state index contributed by atoms with van der Waals surface area (Å²) in [5, 5.41) is 17.0. The standard InChI is InChI=1S/C7H12O4.Ca.2H/c1-7(2,3)4(5(8)9)6(10)11;;;/h4H,1-3H3,(H,8,9)(H,10,11);;;. The van der Waals surface area contributed by atoms with Crippen molar-refractivity contribution in [2.75, 3.05) is 0 Å². The van der Waals surface area contributed by atoms with Gasteiger partial charge in [-0.1, -0.05) is 20.8 Å². The molecule has 0 aliphatic heterocycles. The van der Waals surface area contributed by atoms with E-state index in [4.69, 9.17) is 10.2 Å². The van der Waals surface area contributed by atoms with Crippen molar-refractivity contribution in [2.24, 2.45) is 11.3 Å². The van der Waals surface area contributed by atoms with E-state index in [0.717, 1.165) is 0 Å². The third kappa shape index (κ3) is 4.28. The van der Waals surface area contributed by atoms with Crippen LogP contribution in [0.5, 0.6) is 0 Å². The molecule has 4 nitrogen and oxygen atoms in total. The summed E-state index contributed by atoms with van der Waals surface area (Å²) in [7, 11) is 0. The van der Waals surface area contributed by atoms with Crippen LogP contribution in [0, 0.1) is 11.3 Å². The first-order valence-corrected chi connectivity index (χ1v) is 3.22. The van der Waals surface area contributed by atoms with E-state index in [1.165, 1.54) is 0 Å². The van der Waals surface area contributed by atoms with Crippen LogP contribution in [0.15, 0.2) is 0 Å². The van der Waals surface area contributed by atoms with Gasteiger partial charge < -0.3 is 10.2 Å². The maximum absolute atomic E-state index is 10.4. The fraction of sp³-hybridized carbons (Fsp3) is 0.714. The third-order valence-corrected chi connectivity index (χ3v) is 1.36. The van der Waals surface area contributed by atoms with Crippen LogP contribution in [0.1, 0.15) is 20.8 Å². The van der Waals surface area contributed by atoms with E-state index in [-0.39, 0.29) is 37.7 Å². The van der Waals surface area contributed by atoms with Crippen LogP contribution in [-0.2, 0) is 9.59 Å². The number of aliphatic carboxylic acids is 2. The Morgan fingerprint density at radius 3 is 1.33 bits per heavy atom. The Kier molecular flexibility index (Phi) is 6.18. The molecule has 0 aliphatic carbocycles. The Hall–Kier alpha value is 0.200. The Balaban J connectivity index is 0. The summed E-state index contributed by atoms with van der Waals surface area (Å²) in [6.07, 6.45) is 0. The zero-order valence-electron chi connectivity index (χ0n) is 6.79. The molecule has 0 aromatic rings. The normalized spacial score (nSPS) is 10.7. The van der Waals surface area contributed by atoms with E-state index in [0.29, 0.717) is 0 Å². The molecular weight excluding hydrogens is 188 g/mol. The van der Waals surface area contributed by atoms with Crippen LogP contribution in [0.25, 0.3) is 0 Å². The first-order chi connectivity index (χ1) is 4.76. The summed E-state index contributed by atoms with van der Waals surface area (Å²) in [5.74, 6) is -3.91. The number of hydrogen-bond donors (Lipinski definition) is 2. The zero-order valence-corrected chi connectivity index (χ0v) is 6.79. The summed E-state index contributed by atoms with van der Waals surface area (Å²) in [5.41, 5.74) is -0.738. The molecule has 0 saturated carbocycles. The molecule has 0 amide bonds. The average molecular weight is 202 g/mol. The van der Waals surface area contributed by atoms with Gasteiger partial charge in [-0.2, -0.15) is 0 Å². The number of carboxylic acids is 2. The van der Waals surface area contributed by atoms with Crippen molar-refractivity contribution in [2.45, 2.75) is 20.8 Å². The predicted molar refractivity (Wildman–Crippen MR) is 46.8 cm³/mol.